The van der Waals surface area contributed by atoms with Crippen LogP contribution in [0.3, 0.4) is 0 Å². The van der Waals surface area contributed by atoms with E-state index in [1.165, 1.54) is 4.80 Å². The van der Waals surface area contributed by atoms with E-state index < -0.39 is 0 Å². The van der Waals surface area contributed by atoms with Crippen molar-refractivity contribution in [3.8, 4) is 34.3 Å². The third-order valence-corrected chi connectivity index (χ3v) is 4.30. The summed E-state index contributed by atoms with van der Waals surface area (Å²) in [6.45, 7) is 0.258. The minimum atomic E-state index is 0.258. The Kier molecular flexibility index (Phi) is 4.32. The van der Waals surface area contributed by atoms with Crippen molar-refractivity contribution in [2.45, 2.75) is 6.54 Å². The average molecular weight is 370 g/mol. The molecule has 3 aromatic heterocycles. The van der Waals surface area contributed by atoms with Gasteiger partial charge in [-0.05, 0) is 34.9 Å². The van der Waals surface area contributed by atoms with Crippen LogP contribution in [0, 0.1) is 0 Å². The molecule has 0 fully saturated rings. The summed E-state index contributed by atoms with van der Waals surface area (Å²) in [4.78, 5) is 5.75. The number of hydrogen-bond acceptors (Lipinski definition) is 9. The van der Waals surface area contributed by atoms with Crippen molar-refractivity contribution in [1.29, 1.82) is 0 Å². The maximum atomic E-state index is 5.30. The van der Waals surface area contributed by atoms with Gasteiger partial charge in [0.2, 0.25) is 5.82 Å². The van der Waals surface area contributed by atoms with Crippen LogP contribution in [0.4, 0.5) is 0 Å². The first-order valence-corrected chi connectivity index (χ1v) is 8.56. The molecule has 0 aliphatic carbocycles. The van der Waals surface area contributed by atoms with Crippen molar-refractivity contribution in [1.82, 2.24) is 30.3 Å². The zero-order chi connectivity index (χ0) is 17.9. The van der Waals surface area contributed by atoms with E-state index in [0.717, 1.165) is 11.1 Å². The predicted molar refractivity (Wildman–Crippen MR) is 93.1 cm³/mol. The molecule has 0 aliphatic rings. The zero-order valence-electron chi connectivity index (χ0n) is 14.0. The summed E-state index contributed by atoms with van der Waals surface area (Å²) >= 11 is 1.57. The van der Waals surface area contributed by atoms with E-state index in [0.29, 0.717) is 29.0 Å². The summed E-state index contributed by atoms with van der Waals surface area (Å²) in [5, 5.41) is 20.3. The van der Waals surface area contributed by atoms with Gasteiger partial charge in [0, 0.05) is 10.9 Å². The van der Waals surface area contributed by atoms with E-state index in [1.54, 1.807) is 37.7 Å². The molecule has 0 amide bonds. The summed E-state index contributed by atoms with van der Waals surface area (Å²) in [7, 11) is 3.16. The van der Waals surface area contributed by atoms with Crippen LogP contribution in [0.15, 0.2) is 39.5 Å². The van der Waals surface area contributed by atoms with Gasteiger partial charge in [-0.15, -0.1) is 10.2 Å². The molecular weight excluding hydrogens is 356 g/mol. The number of nitrogens with zero attached hydrogens (tertiary/aromatic N) is 6. The fourth-order valence-corrected chi connectivity index (χ4v) is 2.98. The molecule has 0 spiro atoms. The van der Waals surface area contributed by atoms with Crippen molar-refractivity contribution < 1.29 is 14.0 Å². The Hall–Kier alpha value is -3.27. The lowest BCUT2D eigenvalue weighted by atomic mass is 10.2. The highest BCUT2D eigenvalue weighted by atomic mass is 32.1. The van der Waals surface area contributed by atoms with E-state index in [4.69, 9.17) is 14.0 Å². The maximum absolute atomic E-state index is 5.30. The second-order valence-corrected chi connectivity index (χ2v) is 6.02. The Morgan fingerprint density at radius 3 is 2.77 bits per heavy atom. The Labute approximate surface area is 152 Å². The first-order chi connectivity index (χ1) is 12.8. The van der Waals surface area contributed by atoms with E-state index in [-0.39, 0.29) is 6.54 Å². The molecule has 0 saturated carbocycles. The van der Waals surface area contributed by atoms with Gasteiger partial charge >= 0.3 is 0 Å². The van der Waals surface area contributed by atoms with E-state index in [9.17, 15) is 0 Å². The lowest BCUT2D eigenvalue weighted by Crippen LogP contribution is -2.05. The number of benzene rings is 1. The Bertz CT molecular complexity index is 1010. The summed E-state index contributed by atoms with van der Waals surface area (Å²) in [5.74, 6) is 2.65. The first-order valence-electron chi connectivity index (χ1n) is 7.62. The molecule has 9 nitrogen and oxygen atoms in total. The van der Waals surface area contributed by atoms with Gasteiger partial charge in [0.25, 0.3) is 5.89 Å². The van der Waals surface area contributed by atoms with Crippen molar-refractivity contribution in [3.05, 3.63) is 40.8 Å². The van der Waals surface area contributed by atoms with E-state index >= 15 is 0 Å². The normalized spacial score (nSPS) is 10.8. The molecule has 0 atom stereocenters. The van der Waals surface area contributed by atoms with Crippen molar-refractivity contribution in [2.75, 3.05) is 14.2 Å². The SMILES string of the molecule is COc1ccc(-c2nnn(Cc3noc(-c4ccsc4)n3)n2)cc1OC. The molecule has 4 rings (SSSR count). The zero-order valence-corrected chi connectivity index (χ0v) is 14.8. The van der Waals surface area contributed by atoms with Crippen LogP contribution < -0.4 is 9.47 Å². The van der Waals surface area contributed by atoms with Crippen LogP contribution in [-0.4, -0.2) is 44.6 Å². The molecule has 0 saturated heterocycles. The van der Waals surface area contributed by atoms with Gasteiger partial charge in [-0.3, -0.25) is 0 Å². The lowest BCUT2D eigenvalue weighted by molar-refractivity contribution is 0.355. The van der Waals surface area contributed by atoms with Crippen LogP contribution in [0.1, 0.15) is 5.82 Å². The van der Waals surface area contributed by atoms with Gasteiger partial charge < -0.3 is 14.0 Å². The number of aromatic nitrogens is 6. The Morgan fingerprint density at radius 2 is 2.00 bits per heavy atom. The summed E-state index contributed by atoms with van der Waals surface area (Å²) in [6.07, 6.45) is 0. The third kappa shape index (κ3) is 3.14. The largest absolute Gasteiger partial charge is 0.493 e. The second kappa shape index (κ2) is 6.92. The van der Waals surface area contributed by atoms with Gasteiger partial charge in [0.05, 0.1) is 19.8 Å². The van der Waals surface area contributed by atoms with Gasteiger partial charge in [0.1, 0.15) is 6.54 Å². The number of methoxy groups -OCH3 is 2. The predicted octanol–water partition coefficient (Wildman–Crippen LogP) is 2.52. The lowest BCUT2D eigenvalue weighted by Gasteiger charge is -2.07. The summed E-state index contributed by atoms with van der Waals surface area (Å²) in [6, 6.07) is 7.35. The standard InChI is InChI=1S/C16H14N6O3S/c1-23-12-4-3-10(7-13(12)24-2)15-18-21-22(19-15)8-14-17-16(25-20-14)11-5-6-26-9-11/h3-7,9H,8H2,1-2H3. The molecule has 1 aromatic carbocycles. The van der Waals surface area contributed by atoms with Crippen molar-refractivity contribution in [2.24, 2.45) is 0 Å². The second-order valence-electron chi connectivity index (χ2n) is 5.24. The smallest absolute Gasteiger partial charge is 0.258 e. The monoisotopic (exact) mass is 370 g/mol. The first kappa shape index (κ1) is 16.2. The van der Waals surface area contributed by atoms with Crippen molar-refractivity contribution in [3.63, 3.8) is 0 Å². The minimum Gasteiger partial charge on any atom is -0.493 e. The molecule has 4 aromatic rings. The molecular formula is C16H14N6O3S. The van der Waals surface area contributed by atoms with Crippen molar-refractivity contribution >= 4 is 11.3 Å². The quantitative estimate of drug-likeness (QED) is 0.510. The van der Waals surface area contributed by atoms with Crippen LogP contribution in [0.25, 0.3) is 22.8 Å². The van der Waals surface area contributed by atoms with E-state index in [2.05, 4.69) is 25.6 Å². The summed E-state index contributed by atoms with van der Waals surface area (Å²) < 4.78 is 15.8. The molecule has 26 heavy (non-hydrogen) atoms. The number of rotatable bonds is 6. The highest BCUT2D eigenvalue weighted by Crippen LogP contribution is 2.30. The Morgan fingerprint density at radius 1 is 1.12 bits per heavy atom. The molecule has 3 heterocycles. The van der Waals surface area contributed by atoms with Gasteiger partial charge in [-0.25, -0.2) is 0 Å². The van der Waals surface area contributed by atoms with Gasteiger partial charge in [0.15, 0.2) is 17.3 Å². The Balaban J connectivity index is 1.53. The molecule has 0 aliphatic heterocycles. The number of tetrazole rings is 1. The number of ether oxygens (including phenoxy) is 2. The van der Waals surface area contributed by atoms with Crippen LogP contribution in [0.5, 0.6) is 11.5 Å². The topological polar surface area (TPSA) is 101 Å². The fourth-order valence-electron chi connectivity index (χ4n) is 2.35. The number of hydrogen-bond donors (Lipinski definition) is 0. The molecule has 0 unspecified atom stereocenters. The molecule has 132 valence electrons. The molecule has 10 heteroatoms. The highest BCUT2D eigenvalue weighted by molar-refractivity contribution is 7.08. The fraction of sp³-hybridized carbons (Fsp3) is 0.188. The molecule has 0 N–H and O–H groups in total. The average Bonchev–Trinajstić information content (AvgIpc) is 3.42. The van der Waals surface area contributed by atoms with Crippen LogP contribution in [0.2, 0.25) is 0 Å². The molecule has 0 radical (unpaired) electrons. The molecule has 0 bridgehead atoms. The van der Waals surface area contributed by atoms with Gasteiger partial charge in [-0.2, -0.15) is 21.1 Å². The highest BCUT2D eigenvalue weighted by Gasteiger charge is 2.13. The third-order valence-electron chi connectivity index (χ3n) is 3.61. The van der Waals surface area contributed by atoms with Crippen LogP contribution >= 0.6 is 11.3 Å². The summed E-state index contributed by atoms with van der Waals surface area (Å²) in [5.41, 5.74) is 1.66. The van der Waals surface area contributed by atoms with Crippen LogP contribution in [-0.2, 0) is 6.54 Å². The van der Waals surface area contributed by atoms with Gasteiger partial charge in [-0.1, -0.05) is 5.16 Å². The van der Waals surface area contributed by atoms with E-state index in [1.807, 2.05) is 22.9 Å². The minimum absolute atomic E-state index is 0.258. The number of thiophene rings is 1. The maximum Gasteiger partial charge on any atom is 0.258 e.